The number of carbonyl (C=O) groups is 2. The number of carboxylic acid groups (broad SMARTS) is 1. The van der Waals surface area contributed by atoms with Crippen molar-refractivity contribution in [1.82, 2.24) is 4.98 Å². The van der Waals surface area contributed by atoms with E-state index in [1.165, 1.54) is 34.8 Å². The molecule has 0 saturated heterocycles. The summed E-state index contributed by atoms with van der Waals surface area (Å²) in [5.74, 6) is -1.59. The van der Waals surface area contributed by atoms with Gasteiger partial charge in [-0.25, -0.2) is 9.37 Å². The minimum absolute atomic E-state index is 0.180. The van der Waals surface area contributed by atoms with E-state index in [4.69, 9.17) is 5.11 Å². The summed E-state index contributed by atoms with van der Waals surface area (Å²) >= 11 is 5.80. The van der Waals surface area contributed by atoms with Crippen LogP contribution in [0.4, 0.5) is 15.2 Å². The van der Waals surface area contributed by atoms with Gasteiger partial charge in [0.25, 0.3) is 5.91 Å². The SMILES string of the molecule is O=C(O)Cc1csc(NC(=O)c2ccc(CNc3ccc(F)cc3Br)s2)n1. The van der Waals surface area contributed by atoms with E-state index in [2.05, 4.69) is 31.5 Å². The lowest BCUT2D eigenvalue weighted by atomic mass is 10.3. The fraction of sp³-hybridized carbons (Fsp3) is 0.118. The highest BCUT2D eigenvalue weighted by Crippen LogP contribution is 2.25. The van der Waals surface area contributed by atoms with Gasteiger partial charge in [-0.1, -0.05) is 0 Å². The molecule has 0 bridgehead atoms. The number of amides is 1. The van der Waals surface area contributed by atoms with E-state index in [0.717, 1.165) is 10.6 Å². The minimum Gasteiger partial charge on any atom is -0.481 e. The Balaban J connectivity index is 1.58. The zero-order valence-corrected chi connectivity index (χ0v) is 16.9. The number of aliphatic carboxylic acids is 1. The van der Waals surface area contributed by atoms with Crippen molar-refractivity contribution in [3.05, 3.63) is 61.5 Å². The molecule has 0 unspecified atom stereocenters. The maximum absolute atomic E-state index is 13.1. The van der Waals surface area contributed by atoms with Crippen molar-refractivity contribution < 1.29 is 19.1 Å². The largest absolute Gasteiger partial charge is 0.481 e. The van der Waals surface area contributed by atoms with Gasteiger partial charge < -0.3 is 10.4 Å². The van der Waals surface area contributed by atoms with Crippen molar-refractivity contribution in [2.45, 2.75) is 13.0 Å². The molecule has 0 fully saturated rings. The maximum atomic E-state index is 13.1. The van der Waals surface area contributed by atoms with E-state index in [9.17, 15) is 14.0 Å². The third kappa shape index (κ3) is 5.34. The first kappa shape index (κ1) is 19.5. The number of aromatic nitrogens is 1. The van der Waals surface area contributed by atoms with Gasteiger partial charge in [0.1, 0.15) is 5.82 Å². The number of thiazole rings is 1. The topological polar surface area (TPSA) is 91.3 Å². The predicted octanol–water partition coefficient (Wildman–Crippen LogP) is 4.60. The van der Waals surface area contributed by atoms with E-state index in [1.54, 1.807) is 17.5 Å². The van der Waals surface area contributed by atoms with Crippen molar-refractivity contribution in [1.29, 1.82) is 0 Å². The van der Waals surface area contributed by atoms with E-state index in [-0.39, 0.29) is 18.1 Å². The molecule has 0 saturated carbocycles. The molecular weight excluding hydrogens is 457 g/mol. The fourth-order valence-corrected chi connectivity index (χ4v) is 4.21. The van der Waals surface area contributed by atoms with Gasteiger partial charge in [0.2, 0.25) is 0 Å². The van der Waals surface area contributed by atoms with Crippen molar-refractivity contribution in [3.8, 4) is 0 Å². The van der Waals surface area contributed by atoms with E-state index in [1.807, 2.05) is 6.07 Å². The Hall–Kier alpha value is -2.30. The molecule has 27 heavy (non-hydrogen) atoms. The molecule has 10 heteroatoms. The summed E-state index contributed by atoms with van der Waals surface area (Å²) < 4.78 is 13.7. The smallest absolute Gasteiger partial charge is 0.309 e. The van der Waals surface area contributed by atoms with Gasteiger partial charge in [-0.2, -0.15) is 0 Å². The van der Waals surface area contributed by atoms with Crippen LogP contribution in [0.2, 0.25) is 0 Å². The number of hydrogen-bond acceptors (Lipinski definition) is 6. The van der Waals surface area contributed by atoms with Crippen LogP contribution in [0.15, 0.2) is 40.2 Å². The quantitative estimate of drug-likeness (QED) is 0.470. The average molecular weight is 470 g/mol. The minimum atomic E-state index is -0.971. The molecule has 2 heterocycles. The van der Waals surface area contributed by atoms with Crippen LogP contribution >= 0.6 is 38.6 Å². The summed E-state index contributed by atoms with van der Waals surface area (Å²) in [5, 5.41) is 16.6. The summed E-state index contributed by atoms with van der Waals surface area (Å²) in [6.45, 7) is 0.488. The number of carbonyl (C=O) groups excluding carboxylic acids is 1. The first-order valence-corrected chi connectivity index (χ1v) is 10.1. The number of benzene rings is 1. The third-order valence-electron chi connectivity index (χ3n) is 3.37. The molecule has 0 aliphatic carbocycles. The first-order chi connectivity index (χ1) is 12.9. The molecular formula is C17H13BrFN3O3S2. The fourth-order valence-electron chi connectivity index (χ4n) is 2.17. The molecule has 3 rings (SSSR count). The molecule has 3 N–H and O–H groups in total. The lowest BCUT2D eigenvalue weighted by molar-refractivity contribution is -0.136. The number of nitrogens with one attached hydrogen (secondary N) is 2. The van der Waals surface area contributed by atoms with Crippen molar-refractivity contribution in [3.63, 3.8) is 0 Å². The summed E-state index contributed by atoms with van der Waals surface area (Å²) in [6.07, 6.45) is -0.180. The molecule has 0 spiro atoms. The van der Waals surface area contributed by atoms with Crippen molar-refractivity contribution in [2.75, 3.05) is 10.6 Å². The third-order valence-corrected chi connectivity index (χ3v) is 5.92. The number of carboxylic acids is 1. The highest BCUT2D eigenvalue weighted by atomic mass is 79.9. The molecule has 0 radical (unpaired) electrons. The Labute approximate surface area is 170 Å². The van der Waals surface area contributed by atoms with Gasteiger partial charge >= 0.3 is 5.97 Å². The van der Waals surface area contributed by atoms with Crippen LogP contribution in [0, 0.1) is 5.82 Å². The van der Waals surface area contributed by atoms with Crippen LogP contribution in [0.25, 0.3) is 0 Å². The van der Waals surface area contributed by atoms with Crippen LogP contribution in [-0.4, -0.2) is 22.0 Å². The highest BCUT2D eigenvalue weighted by Gasteiger charge is 2.13. The lowest BCUT2D eigenvalue weighted by Gasteiger charge is -2.07. The van der Waals surface area contributed by atoms with Crippen molar-refractivity contribution in [2.24, 2.45) is 0 Å². The summed E-state index contributed by atoms with van der Waals surface area (Å²) in [6, 6.07) is 7.93. The first-order valence-electron chi connectivity index (χ1n) is 7.66. The Kier molecular flexibility index (Phi) is 6.19. The van der Waals surface area contributed by atoms with Crippen molar-refractivity contribution >= 4 is 61.3 Å². The van der Waals surface area contributed by atoms with E-state index in [0.29, 0.717) is 26.7 Å². The van der Waals surface area contributed by atoms with E-state index >= 15 is 0 Å². The van der Waals surface area contributed by atoms with Gasteiger partial charge in [-0.3, -0.25) is 14.9 Å². The van der Waals surface area contributed by atoms with Crippen LogP contribution in [-0.2, 0) is 17.8 Å². The van der Waals surface area contributed by atoms with Crippen LogP contribution in [0.5, 0.6) is 0 Å². The second kappa shape index (κ2) is 8.59. The molecule has 0 aliphatic rings. The molecule has 0 atom stereocenters. The standard InChI is InChI=1S/C17H13BrFN3O3S2/c18-12-5-9(19)1-3-13(12)20-7-11-2-4-14(27-11)16(25)22-17-21-10(8-26-17)6-15(23)24/h1-5,8,20H,6-7H2,(H,23,24)(H,21,22,25). The second-order valence-electron chi connectivity index (χ2n) is 5.41. The summed E-state index contributed by atoms with van der Waals surface area (Å²) in [7, 11) is 0. The van der Waals surface area contributed by atoms with E-state index < -0.39 is 5.97 Å². The summed E-state index contributed by atoms with van der Waals surface area (Å²) in [4.78, 5) is 28.5. The molecule has 1 amide bonds. The summed E-state index contributed by atoms with van der Waals surface area (Å²) in [5.41, 5.74) is 1.16. The van der Waals surface area contributed by atoms with Gasteiger partial charge in [0.05, 0.1) is 17.0 Å². The monoisotopic (exact) mass is 469 g/mol. The molecule has 140 valence electrons. The molecule has 2 aromatic heterocycles. The van der Waals surface area contributed by atoms with Gasteiger partial charge in [-0.15, -0.1) is 22.7 Å². The molecule has 1 aromatic carbocycles. The Morgan fingerprint density at radius 3 is 2.81 bits per heavy atom. The van der Waals surface area contributed by atoms with Crippen LogP contribution in [0.1, 0.15) is 20.2 Å². The number of hydrogen-bond donors (Lipinski definition) is 3. The Morgan fingerprint density at radius 1 is 1.26 bits per heavy atom. The second-order valence-corrected chi connectivity index (χ2v) is 8.29. The number of anilines is 2. The van der Waals surface area contributed by atoms with Crippen LogP contribution < -0.4 is 10.6 Å². The zero-order chi connectivity index (χ0) is 19.4. The maximum Gasteiger partial charge on any atom is 0.309 e. The average Bonchev–Trinajstić information content (AvgIpc) is 3.23. The normalized spacial score (nSPS) is 10.6. The number of halogens is 2. The highest BCUT2D eigenvalue weighted by molar-refractivity contribution is 9.10. The lowest BCUT2D eigenvalue weighted by Crippen LogP contribution is -2.10. The molecule has 3 aromatic rings. The zero-order valence-electron chi connectivity index (χ0n) is 13.7. The molecule has 6 nitrogen and oxygen atoms in total. The Morgan fingerprint density at radius 2 is 2.07 bits per heavy atom. The van der Waals surface area contributed by atoms with Crippen LogP contribution in [0.3, 0.4) is 0 Å². The van der Waals surface area contributed by atoms with Gasteiger partial charge in [-0.05, 0) is 46.3 Å². The number of nitrogens with zero attached hydrogens (tertiary/aromatic N) is 1. The Bertz CT molecular complexity index is 989. The number of thiophene rings is 1. The number of rotatable bonds is 7. The molecule has 0 aliphatic heterocycles. The van der Waals surface area contributed by atoms with Gasteiger partial charge in [0.15, 0.2) is 5.13 Å². The van der Waals surface area contributed by atoms with Gasteiger partial charge in [0, 0.05) is 27.0 Å². The predicted molar refractivity (Wildman–Crippen MR) is 107 cm³/mol.